The summed E-state index contributed by atoms with van der Waals surface area (Å²) in [6.07, 6.45) is 9.53. The summed E-state index contributed by atoms with van der Waals surface area (Å²) in [5.41, 5.74) is 13.4. The Kier molecular flexibility index (Phi) is 4.88. The van der Waals surface area contributed by atoms with Gasteiger partial charge in [0.15, 0.2) is 18.1 Å². The average molecular weight is 363 g/mol. The number of fused-ring (bicyclic) bond motifs is 2. The SMILES string of the molecule is C[SiH](/C=C/c1ccc2c(c1)CC2)O[SiH](C)/C=C/c1ccc2c(c1)CC2. The van der Waals surface area contributed by atoms with Crippen LogP contribution in [0, 0.1) is 0 Å². The van der Waals surface area contributed by atoms with E-state index in [2.05, 4.69) is 73.0 Å². The summed E-state index contributed by atoms with van der Waals surface area (Å²) in [6.45, 7) is 4.56. The van der Waals surface area contributed by atoms with Crippen LogP contribution in [0.25, 0.3) is 12.2 Å². The van der Waals surface area contributed by atoms with Gasteiger partial charge in [0.2, 0.25) is 0 Å². The summed E-state index contributed by atoms with van der Waals surface area (Å²) in [6, 6.07) is 13.7. The molecule has 0 aliphatic heterocycles. The van der Waals surface area contributed by atoms with Crippen molar-refractivity contribution in [2.45, 2.75) is 38.8 Å². The van der Waals surface area contributed by atoms with Gasteiger partial charge in [0.25, 0.3) is 0 Å². The van der Waals surface area contributed by atoms with E-state index >= 15 is 0 Å². The molecule has 0 bridgehead atoms. The van der Waals surface area contributed by atoms with Gasteiger partial charge < -0.3 is 4.12 Å². The minimum atomic E-state index is -1.24. The van der Waals surface area contributed by atoms with Gasteiger partial charge in [-0.2, -0.15) is 0 Å². The molecule has 3 heteroatoms. The topological polar surface area (TPSA) is 9.23 Å². The van der Waals surface area contributed by atoms with E-state index in [0.29, 0.717) is 0 Å². The van der Waals surface area contributed by atoms with Gasteiger partial charge in [-0.1, -0.05) is 59.9 Å². The predicted molar refractivity (Wildman–Crippen MR) is 113 cm³/mol. The van der Waals surface area contributed by atoms with Gasteiger partial charge in [0.1, 0.15) is 0 Å². The van der Waals surface area contributed by atoms with Crippen LogP contribution in [0.4, 0.5) is 0 Å². The predicted octanol–water partition coefficient (Wildman–Crippen LogP) is 4.41. The summed E-state index contributed by atoms with van der Waals surface area (Å²) in [4.78, 5) is 0. The molecule has 1 nitrogen and oxygen atoms in total. The van der Waals surface area contributed by atoms with Crippen molar-refractivity contribution in [2.75, 3.05) is 0 Å². The van der Waals surface area contributed by atoms with Crippen molar-refractivity contribution in [3.63, 3.8) is 0 Å². The minimum Gasteiger partial charge on any atom is -0.454 e. The summed E-state index contributed by atoms with van der Waals surface area (Å²) in [5, 5.41) is 0. The summed E-state index contributed by atoms with van der Waals surface area (Å²) in [7, 11) is -2.48. The molecular formula is C22H26OSi2. The Morgan fingerprint density at radius 3 is 1.48 bits per heavy atom. The van der Waals surface area contributed by atoms with E-state index in [-0.39, 0.29) is 0 Å². The number of hydrogen-bond donors (Lipinski definition) is 0. The van der Waals surface area contributed by atoms with Crippen molar-refractivity contribution in [1.82, 2.24) is 0 Å². The van der Waals surface area contributed by atoms with Crippen LogP contribution in [0.3, 0.4) is 0 Å². The lowest BCUT2D eigenvalue weighted by atomic mass is 9.87. The van der Waals surface area contributed by atoms with Crippen LogP contribution in [0.5, 0.6) is 0 Å². The van der Waals surface area contributed by atoms with Crippen molar-refractivity contribution in [3.8, 4) is 0 Å². The number of benzene rings is 2. The van der Waals surface area contributed by atoms with E-state index in [1.54, 1.807) is 0 Å². The van der Waals surface area contributed by atoms with Crippen molar-refractivity contribution < 1.29 is 4.12 Å². The Morgan fingerprint density at radius 2 is 1.12 bits per heavy atom. The fraction of sp³-hybridized carbons (Fsp3) is 0.273. The first-order valence-corrected chi connectivity index (χ1v) is 14.0. The van der Waals surface area contributed by atoms with Crippen molar-refractivity contribution >= 4 is 30.2 Å². The zero-order valence-electron chi connectivity index (χ0n) is 15.2. The first-order chi connectivity index (χ1) is 12.2. The standard InChI is InChI=1S/C22H26OSi2/c1-24(13-11-17-3-5-19-7-9-21(19)15-17)23-25(2)14-12-18-4-6-20-8-10-22(20)16-18/h3-6,11-16,24-25H,7-10H2,1-2H3/b13-11+,14-12+. The molecule has 0 spiro atoms. The second kappa shape index (κ2) is 7.28. The Labute approximate surface area is 154 Å². The van der Waals surface area contributed by atoms with Gasteiger partial charge in [-0.15, -0.1) is 0 Å². The highest BCUT2D eigenvalue weighted by Crippen LogP contribution is 2.25. The van der Waals surface area contributed by atoms with Crippen LogP contribution in [-0.2, 0) is 29.8 Å². The van der Waals surface area contributed by atoms with Gasteiger partial charge in [0, 0.05) is 0 Å². The molecule has 2 unspecified atom stereocenters. The van der Waals surface area contributed by atoms with Crippen LogP contribution in [0.1, 0.15) is 33.4 Å². The van der Waals surface area contributed by atoms with Gasteiger partial charge in [-0.3, -0.25) is 0 Å². The number of rotatable bonds is 6. The van der Waals surface area contributed by atoms with E-state index in [1.165, 1.54) is 59.1 Å². The molecule has 0 radical (unpaired) electrons. The lowest BCUT2D eigenvalue weighted by Gasteiger charge is -2.19. The third kappa shape index (κ3) is 3.94. The molecule has 0 N–H and O–H groups in total. The number of aryl methyl sites for hydroxylation is 4. The maximum Gasteiger partial charge on any atom is 0.185 e. The largest absolute Gasteiger partial charge is 0.454 e. The van der Waals surface area contributed by atoms with Crippen LogP contribution in [0.2, 0.25) is 13.1 Å². The van der Waals surface area contributed by atoms with E-state index in [1.807, 2.05) is 0 Å². The second-order valence-electron chi connectivity index (χ2n) is 7.32. The quantitative estimate of drug-likeness (QED) is 0.692. The second-order valence-corrected chi connectivity index (χ2v) is 12.0. The molecule has 0 heterocycles. The van der Waals surface area contributed by atoms with Crippen molar-refractivity contribution in [1.29, 1.82) is 0 Å². The van der Waals surface area contributed by atoms with Crippen LogP contribution < -0.4 is 0 Å². The first kappa shape index (κ1) is 16.8. The molecule has 2 aromatic carbocycles. The molecule has 128 valence electrons. The van der Waals surface area contributed by atoms with Crippen LogP contribution in [0.15, 0.2) is 47.8 Å². The fourth-order valence-corrected chi connectivity index (χ4v) is 7.98. The molecule has 0 saturated heterocycles. The van der Waals surface area contributed by atoms with Crippen molar-refractivity contribution in [2.24, 2.45) is 0 Å². The van der Waals surface area contributed by atoms with Gasteiger partial charge in [0.05, 0.1) is 0 Å². The molecule has 2 aliphatic rings. The van der Waals surface area contributed by atoms with Crippen molar-refractivity contribution in [3.05, 3.63) is 81.2 Å². The highest BCUT2D eigenvalue weighted by Gasteiger charge is 2.13. The van der Waals surface area contributed by atoms with Gasteiger partial charge >= 0.3 is 0 Å². The fourth-order valence-electron chi connectivity index (χ4n) is 3.56. The maximum absolute atomic E-state index is 6.33. The Balaban J connectivity index is 1.31. The molecule has 2 aromatic rings. The minimum absolute atomic E-state index is 1.24. The zero-order valence-corrected chi connectivity index (χ0v) is 17.5. The maximum atomic E-state index is 6.33. The molecule has 2 aliphatic carbocycles. The molecule has 4 rings (SSSR count). The van der Waals surface area contributed by atoms with E-state index < -0.39 is 18.1 Å². The molecule has 0 amide bonds. The Bertz CT molecular complexity index is 768. The normalized spacial score (nSPS) is 17.7. The Hall–Kier alpha value is -1.69. The third-order valence-corrected chi connectivity index (χ3v) is 10.2. The van der Waals surface area contributed by atoms with Crippen LogP contribution >= 0.6 is 0 Å². The molecule has 0 saturated carbocycles. The summed E-state index contributed by atoms with van der Waals surface area (Å²) < 4.78 is 6.33. The first-order valence-electron chi connectivity index (χ1n) is 9.43. The van der Waals surface area contributed by atoms with E-state index in [9.17, 15) is 0 Å². The van der Waals surface area contributed by atoms with E-state index in [0.717, 1.165) is 0 Å². The van der Waals surface area contributed by atoms with E-state index in [4.69, 9.17) is 4.12 Å². The summed E-state index contributed by atoms with van der Waals surface area (Å²) in [5.74, 6) is 0. The molecule has 2 atom stereocenters. The number of hydrogen-bond acceptors (Lipinski definition) is 1. The lowest BCUT2D eigenvalue weighted by molar-refractivity contribution is 0.619. The molecule has 0 aromatic heterocycles. The molecule has 25 heavy (non-hydrogen) atoms. The van der Waals surface area contributed by atoms with Crippen LogP contribution in [-0.4, -0.2) is 18.1 Å². The average Bonchev–Trinajstić information content (AvgIpc) is 2.55. The smallest absolute Gasteiger partial charge is 0.185 e. The third-order valence-electron chi connectivity index (χ3n) is 5.34. The highest BCUT2D eigenvalue weighted by atomic mass is 28.4. The lowest BCUT2D eigenvalue weighted by Crippen LogP contribution is -2.21. The van der Waals surface area contributed by atoms with Gasteiger partial charge in [-0.05, 0) is 72.2 Å². The summed E-state index contributed by atoms with van der Waals surface area (Å²) >= 11 is 0. The van der Waals surface area contributed by atoms with Gasteiger partial charge in [-0.25, -0.2) is 0 Å². The zero-order chi connectivity index (χ0) is 17.2. The molecular weight excluding hydrogens is 336 g/mol. The monoisotopic (exact) mass is 362 g/mol. The Morgan fingerprint density at radius 1 is 0.680 bits per heavy atom. The highest BCUT2D eigenvalue weighted by molar-refractivity contribution is 6.70. The molecule has 0 fully saturated rings.